The molecule has 0 bridgehead atoms. The molecule has 0 atom stereocenters. The molecule has 100 valence electrons. The third-order valence-electron chi connectivity index (χ3n) is 2.84. The minimum absolute atomic E-state index is 0.355. The van der Waals surface area contributed by atoms with E-state index in [0.717, 1.165) is 22.7 Å². The van der Waals surface area contributed by atoms with E-state index >= 15 is 0 Å². The number of hydrogen-bond donors (Lipinski definition) is 1. The van der Waals surface area contributed by atoms with Crippen LogP contribution in [0.1, 0.15) is 36.7 Å². The van der Waals surface area contributed by atoms with Gasteiger partial charge < -0.3 is 10.5 Å². The molecular formula is C15H19N3O. The number of aromatic nitrogens is 2. The molecule has 1 aromatic heterocycles. The number of nitrogens with zero attached hydrogens (tertiary/aromatic N) is 2. The van der Waals surface area contributed by atoms with E-state index < -0.39 is 0 Å². The minimum Gasteiger partial charge on any atom is -0.424 e. The van der Waals surface area contributed by atoms with Gasteiger partial charge in [-0.3, -0.25) is 0 Å². The van der Waals surface area contributed by atoms with Crippen molar-refractivity contribution in [2.45, 2.75) is 33.2 Å². The Morgan fingerprint density at radius 3 is 2.63 bits per heavy atom. The first-order valence-electron chi connectivity index (χ1n) is 6.41. The van der Waals surface area contributed by atoms with E-state index in [1.807, 2.05) is 31.2 Å². The molecule has 0 saturated carbocycles. The first-order valence-corrected chi connectivity index (χ1v) is 6.41. The fourth-order valence-corrected chi connectivity index (χ4v) is 1.90. The molecule has 0 amide bonds. The maximum Gasteiger partial charge on any atom is 0.322 e. The van der Waals surface area contributed by atoms with E-state index in [-0.39, 0.29) is 0 Å². The summed E-state index contributed by atoms with van der Waals surface area (Å²) in [5.41, 5.74) is 8.39. The summed E-state index contributed by atoms with van der Waals surface area (Å²) in [4.78, 5) is 8.58. The maximum atomic E-state index is 5.82. The summed E-state index contributed by atoms with van der Waals surface area (Å²) in [5.74, 6) is 1.18. The van der Waals surface area contributed by atoms with Crippen LogP contribution in [-0.4, -0.2) is 9.97 Å². The van der Waals surface area contributed by atoms with Crippen molar-refractivity contribution in [3.05, 3.63) is 47.3 Å². The lowest BCUT2D eigenvalue weighted by atomic mass is 10.0. The lowest BCUT2D eigenvalue weighted by molar-refractivity contribution is 0.430. The van der Waals surface area contributed by atoms with Crippen LogP contribution in [-0.2, 0) is 6.54 Å². The van der Waals surface area contributed by atoms with Crippen molar-refractivity contribution in [1.29, 1.82) is 0 Å². The fraction of sp³-hybridized carbons (Fsp3) is 0.333. The predicted molar refractivity (Wildman–Crippen MR) is 75.3 cm³/mol. The summed E-state index contributed by atoms with van der Waals surface area (Å²) < 4.78 is 5.82. The standard InChI is InChI=1S/C15H19N3O/c1-10(2)13-6-4-5-7-14(13)19-15-17-11(3)8-12(9-16)18-15/h4-8,10H,9,16H2,1-3H3. The van der Waals surface area contributed by atoms with Crippen LogP contribution < -0.4 is 10.5 Å². The fourth-order valence-electron chi connectivity index (χ4n) is 1.90. The molecular weight excluding hydrogens is 238 g/mol. The summed E-state index contributed by atoms with van der Waals surface area (Å²) in [6, 6.07) is 10.2. The average molecular weight is 257 g/mol. The van der Waals surface area contributed by atoms with Crippen LogP contribution in [0.3, 0.4) is 0 Å². The normalized spacial score (nSPS) is 10.8. The highest BCUT2D eigenvalue weighted by molar-refractivity contribution is 5.37. The zero-order valence-corrected chi connectivity index (χ0v) is 11.6. The number of para-hydroxylation sites is 1. The molecule has 19 heavy (non-hydrogen) atoms. The zero-order valence-electron chi connectivity index (χ0n) is 11.6. The lowest BCUT2D eigenvalue weighted by Gasteiger charge is -2.13. The number of hydrogen-bond acceptors (Lipinski definition) is 4. The van der Waals surface area contributed by atoms with E-state index in [2.05, 4.69) is 29.9 Å². The second-order valence-electron chi connectivity index (χ2n) is 4.78. The first kappa shape index (κ1) is 13.5. The van der Waals surface area contributed by atoms with Gasteiger partial charge in [-0.25, -0.2) is 4.98 Å². The summed E-state index contributed by atoms with van der Waals surface area (Å²) in [6.07, 6.45) is 0. The Bertz CT molecular complexity index is 567. The Morgan fingerprint density at radius 1 is 1.21 bits per heavy atom. The van der Waals surface area contributed by atoms with Crippen molar-refractivity contribution in [3.63, 3.8) is 0 Å². The van der Waals surface area contributed by atoms with E-state index in [1.54, 1.807) is 0 Å². The van der Waals surface area contributed by atoms with Gasteiger partial charge >= 0.3 is 6.01 Å². The zero-order chi connectivity index (χ0) is 13.8. The van der Waals surface area contributed by atoms with Gasteiger partial charge in [0, 0.05) is 12.2 Å². The van der Waals surface area contributed by atoms with Gasteiger partial charge in [-0.2, -0.15) is 4.98 Å². The van der Waals surface area contributed by atoms with Gasteiger partial charge in [-0.15, -0.1) is 0 Å². The second kappa shape index (κ2) is 5.80. The van der Waals surface area contributed by atoms with Crippen molar-refractivity contribution in [2.75, 3.05) is 0 Å². The topological polar surface area (TPSA) is 61.0 Å². The van der Waals surface area contributed by atoms with E-state index in [0.29, 0.717) is 18.5 Å². The number of nitrogens with two attached hydrogens (primary N) is 1. The van der Waals surface area contributed by atoms with Crippen molar-refractivity contribution >= 4 is 0 Å². The van der Waals surface area contributed by atoms with Crippen molar-refractivity contribution in [3.8, 4) is 11.8 Å². The van der Waals surface area contributed by atoms with Crippen LogP contribution >= 0.6 is 0 Å². The van der Waals surface area contributed by atoms with Crippen LogP contribution in [0.15, 0.2) is 30.3 Å². The third kappa shape index (κ3) is 3.29. The third-order valence-corrected chi connectivity index (χ3v) is 2.84. The Kier molecular flexibility index (Phi) is 4.12. The SMILES string of the molecule is Cc1cc(CN)nc(Oc2ccccc2C(C)C)n1. The van der Waals surface area contributed by atoms with Gasteiger partial charge in [0.25, 0.3) is 0 Å². The molecule has 0 aliphatic carbocycles. The van der Waals surface area contributed by atoms with E-state index in [1.165, 1.54) is 0 Å². The van der Waals surface area contributed by atoms with Crippen molar-refractivity contribution < 1.29 is 4.74 Å². The second-order valence-corrected chi connectivity index (χ2v) is 4.78. The Hall–Kier alpha value is -1.94. The predicted octanol–water partition coefficient (Wildman–Crippen LogP) is 3.16. The summed E-state index contributed by atoms with van der Waals surface area (Å²) in [7, 11) is 0. The number of benzene rings is 1. The van der Waals surface area contributed by atoms with Gasteiger partial charge in [0.15, 0.2) is 0 Å². The van der Waals surface area contributed by atoms with Crippen LogP contribution in [0.25, 0.3) is 0 Å². The van der Waals surface area contributed by atoms with Crippen LogP contribution in [0.2, 0.25) is 0 Å². The number of ether oxygens (including phenoxy) is 1. The minimum atomic E-state index is 0.355. The summed E-state index contributed by atoms with van der Waals surface area (Å²) in [6.45, 7) is 6.54. The van der Waals surface area contributed by atoms with Crippen molar-refractivity contribution in [1.82, 2.24) is 9.97 Å². The van der Waals surface area contributed by atoms with Gasteiger partial charge in [0.2, 0.25) is 0 Å². The highest BCUT2D eigenvalue weighted by atomic mass is 16.5. The summed E-state index contributed by atoms with van der Waals surface area (Å²) in [5, 5.41) is 0. The molecule has 0 spiro atoms. The smallest absolute Gasteiger partial charge is 0.322 e. The number of rotatable bonds is 4. The lowest BCUT2D eigenvalue weighted by Crippen LogP contribution is -2.04. The molecule has 0 aliphatic heterocycles. The van der Waals surface area contributed by atoms with Gasteiger partial charge in [-0.05, 0) is 30.5 Å². The molecule has 4 heteroatoms. The molecule has 4 nitrogen and oxygen atoms in total. The highest BCUT2D eigenvalue weighted by Gasteiger charge is 2.10. The number of aryl methyl sites for hydroxylation is 1. The van der Waals surface area contributed by atoms with Gasteiger partial charge in [0.05, 0.1) is 5.69 Å². The molecule has 1 aromatic carbocycles. The van der Waals surface area contributed by atoms with Crippen LogP contribution in [0.5, 0.6) is 11.8 Å². The Balaban J connectivity index is 2.33. The summed E-state index contributed by atoms with van der Waals surface area (Å²) >= 11 is 0. The average Bonchev–Trinajstić information content (AvgIpc) is 2.38. The van der Waals surface area contributed by atoms with E-state index in [4.69, 9.17) is 10.5 Å². The molecule has 0 unspecified atom stereocenters. The van der Waals surface area contributed by atoms with E-state index in [9.17, 15) is 0 Å². The molecule has 2 aromatic rings. The van der Waals surface area contributed by atoms with Gasteiger partial charge in [0.1, 0.15) is 5.75 Å². The Labute approximate surface area is 113 Å². The van der Waals surface area contributed by atoms with Crippen molar-refractivity contribution in [2.24, 2.45) is 5.73 Å². The quantitative estimate of drug-likeness (QED) is 0.914. The van der Waals surface area contributed by atoms with Crippen LogP contribution in [0, 0.1) is 6.92 Å². The molecule has 0 aliphatic rings. The molecule has 2 rings (SSSR count). The molecule has 2 N–H and O–H groups in total. The molecule has 1 heterocycles. The van der Waals surface area contributed by atoms with Crippen LogP contribution in [0.4, 0.5) is 0 Å². The molecule has 0 saturated heterocycles. The highest BCUT2D eigenvalue weighted by Crippen LogP contribution is 2.28. The molecule has 0 radical (unpaired) electrons. The molecule has 0 fully saturated rings. The van der Waals surface area contributed by atoms with Gasteiger partial charge in [-0.1, -0.05) is 32.0 Å². The largest absolute Gasteiger partial charge is 0.424 e. The first-order chi connectivity index (χ1) is 9.10. The monoisotopic (exact) mass is 257 g/mol. The Morgan fingerprint density at radius 2 is 1.95 bits per heavy atom. The maximum absolute atomic E-state index is 5.82.